The van der Waals surface area contributed by atoms with Gasteiger partial charge in [-0.15, -0.1) is 0 Å². The Hall–Kier alpha value is -2.06. The smallest absolute Gasteiger partial charge is 0.240 e. The Bertz CT molecular complexity index is 926. The van der Waals surface area contributed by atoms with Gasteiger partial charge in [-0.25, -0.2) is 27.5 Å². The lowest BCUT2D eigenvalue weighted by Gasteiger charge is -2.31. The fraction of sp³-hybridized carbons (Fsp3) is 0.500. The number of hydrogen-bond acceptors (Lipinski definition) is 5. The predicted molar refractivity (Wildman–Crippen MR) is 105 cm³/mol. The Morgan fingerprint density at radius 3 is 2.46 bits per heavy atom. The van der Waals surface area contributed by atoms with E-state index in [1.807, 2.05) is 17.0 Å². The van der Waals surface area contributed by atoms with Crippen molar-refractivity contribution in [2.45, 2.75) is 43.4 Å². The molecular formula is C20H25FN4O2S. The van der Waals surface area contributed by atoms with Gasteiger partial charge in [-0.2, -0.15) is 0 Å². The minimum absolute atomic E-state index is 0.268. The lowest BCUT2D eigenvalue weighted by atomic mass is 9.92. The van der Waals surface area contributed by atoms with Crippen molar-refractivity contribution in [1.29, 1.82) is 0 Å². The molecule has 1 N–H and O–H groups in total. The van der Waals surface area contributed by atoms with Crippen molar-refractivity contribution in [3.8, 4) is 0 Å². The van der Waals surface area contributed by atoms with E-state index in [4.69, 9.17) is 0 Å². The summed E-state index contributed by atoms with van der Waals surface area (Å²) in [6.07, 6.45) is 8.32. The standard InChI is InChI=1S/C20H25FN4O2S/c21-18-13-22-20(23-14-18)25-9-7-15(8-10-25)12-24-28(26,27)19-6-5-16-3-1-2-4-17(16)11-19/h5-6,11,13-15,24H,1-4,7-10,12H2. The van der Waals surface area contributed by atoms with E-state index in [0.29, 0.717) is 17.4 Å². The molecule has 2 aliphatic rings. The number of piperidine rings is 1. The molecule has 0 bridgehead atoms. The van der Waals surface area contributed by atoms with Gasteiger partial charge in [0.2, 0.25) is 16.0 Å². The quantitative estimate of drug-likeness (QED) is 0.829. The van der Waals surface area contributed by atoms with Crippen LogP contribution < -0.4 is 9.62 Å². The lowest BCUT2D eigenvalue weighted by molar-refractivity contribution is 0.398. The van der Waals surface area contributed by atoms with Gasteiger partial charge in [0, 0.05) is 19.6 Å². The largest absolute Gasteiger partial charge is 0.341 e. The summed E-state index contributed by atoms with van der Waals surface area (Å²) < 4.78 is 41.1. The molecule has 1 aliphatic heterocycles. The molecule has 1 aliphatic carbocycles. The molecule has 0 spiro atoms. The lowest BCUT2D eigenvalue weighted by Crippen LogP contribution is -2.39. The van der Waals surface area contributed by atoms with Crippen LogP contribution in [0.3, 0.4) is 0 Å². The van der Waals surface area contributed by atoms with E-state index in [1.165, 1.54) is 29.9 Å². The van der Waals surface area contributed by atoms with Gasteiger partial charge in [-0.05, 0) is 67.7 Å². The van der Waals surface area contributed by atoms with Crippen LogP contribution in [0.15, 0.2) is 35.5 Å². The molecule has 0 amide bonds. The maximum Gasteiger partial charge on any atom is 0.240 e. The van der Waals surface area contributed by atoms with Crippen molar-refractivity contribution in [1.82, 2.24) is 14.7 Å². The highest BCUT2D eigenvalue weighted by Gasteiger charge is 2.24. The summed E-state index contributed by atoms with van der Waals surface area (Å²) in [5.74, 6) is 0.341. The molecule has 1 saturated heterocycles. The van der Waals surface area contributed by atoms with Gasteiger partial charge in [0.05, 0.1) is 17.3 Å². The Morgan fingerprint density at radius 1 is 1.07 bits per heavy atom. The van der Waals surface area contributed by atoms with Crippen LogP contribution in [-0.2, 0) is 22.9 Å². The molecule has 8 heteroatoms. The van der Waals surface area contributed by atoms with Crippen LogP contribution >= 0.6 is 0 Å². The number of nitrogens with zero attached hydrogens (tertiary/aromatic N) is 3. The molecular weight excluding hydrogens is 379 g/mol. The van der Waals surface area contributed by atoms with Crippen LogP contribution in [0.25, 0.3) is 0 Å². The third kappa shape index (κ3) is 4.33. The number of benzene rings is 1. The first kappa shape index (κ1) is 19.3. The van der Waals surface area contributed by atoms with Crippen LogP contribution in [-0.4, -0.2) is 38.0 Å². The molecule has 6 nitrogen and oxygen atoms in total. The second kappa shape index (κ2) is 8.13. The van der Waals surface area contributed by atoms with E-state index >= 15 is 0 Å². The molecule has 2 heterocycles. The Morgan fingerprint density at radius 2 is 1.75 bits per heavy atom. The fourth-order valence-corrected chi connectivity index (χ4v) is 5.16. The van der Waals surface area contributed by atoms with E-state index in [2.05, 4.69) is 14.7 Å². The van der Waals surface area contributed by atoms with Gasteiger partial charge in [0.25, 0.3) is 0 Å². The number of hydrogen-bond donors (Lipinski definition) is 1. The van der Waals surface area contributed by atoms with E-state index in [-0.39, 0.29) is 5.92 Å². The summed E-state index contributed by atoms with van der Waals surface area (Å²) in [7, 11) is -3.49. The molecule has 28 heavy (non-hydrogen) atoms. The van der Waals surface area contributed by atoms with E-state index in [0.717, 1.165) is 45.2 Å². The van der Waals surface area contributed by atoms with Crippen molar-refractivity contribution < 1.29 is 12.8 Å². The minimum atomic E-state index is -3.49. The van der Waals surface area contributed by atoms with Crippen LogP contribution in [0, 0.1) is 11.7 Å². The van der Waals surface area contributed by atoms with Crippen LogP contribution in [0.5, 0.6) is 0 Å². The molecule has 0 radical (unpaired) electrons. The molecule has 4 rings (SSSR count). The third-order valence-corrected chi connectivity index (χ3v) is 7.12. The highest BCUT2D eigenvalue weighted by atomic mass is 32.2. The first-order chi connectivity index (χ1) is 13.5. The number of sulfonamides is 1. The summed E-state index contributed by atoms with van der Waals surface area (Å²) in [5.41, 5.74) is 2.45. The Labute approximate surface area is 165 Å². The maximum absolute atomic E-state index is 13.0. The molecule has 150 valence electrons. The van der Waals surface area contributed by atoms with Crippen molar-refractivity contribution in [2.24, 2.45) is 5.92 Å². The number of halogens is 1. The second-order valence-corrected chi connectivity index (χ2v) is 9.39. The van der Waals surface area contributed by atoms with Crippen molar-refractivity contribution >= 4 is 16.0 Å². The van der Waals surface area contributed by atoms with E-state index < -0.39 is 15.8 Å². The third-order valence-electron chi connectivity index (χ3n) is 5.70. The highest BCUT2D eigenvalue weighted by molar-refractivity contribution is 7.89. The maximum atomic E-state index is 13.0. The molecule has 1 aromatic carbocycles. The average Bonchev–Trinajstić information content (AvgIpc) is 2.73. The zero-order valence-corrected chi connectivity index (χ0v) is 16.6. The van der Waals surface area contributed by atoms with Crippen molar-refractivity contribution in [2.75, 3.05) is 24.5 Å². The van der Waals surface area contributed by atoms with Crippen LogP contribution in [0.4, 0.5) is 10.3 Å². The first-order valence-electron chi connectivity index (χ1n) is 9.85. The number of nitrogens with one attached hydrogen (secondary N) is 1. The molecule has 2 aromatic rings. The highest BCUT2D eigenvalue weighted by Crippen LogP contribution is 2.25. The Balaban J connectivity index is 1.32. The molecule has 0 saturated carbocycles. The van der Waals surface area contributed by atoms with Gasteiger partial charge in [-0.3, -0.25) is 0 Å². The number of anilines is 1. The topological polar surface area (TPSA) is 75.2 Å². The van der Waals surface area contributed by atoms with Crippen LogP contribution in [0.2, 0.25) is 0 Å². The average molecular weight is 405 g/mol. The van der Waals surface area contributed by atoms with Gasteiger partial charge in [0.1, 0.15) is 0 Å². The van der Waals surface area contributed by atoms with Gasteiger partial charge in [-0.1, -0.05) is 6.07 Å². The van der Waals surface area contributed by atoms with Gasteiger partial charge < -0.3 is 4.90 Å². The summed E-state index contributed by atoms with van der Waals surface area (Å²) in [6.45, 7) is 1.89. The number of fused-ring (bicyclic) bond motifs is 1. The zero-order valence-electron chi connectivity index (χ0n) is 15.8. The second-order valence-electron chi connectivity index (χ2n) is 7.62. The Kier molecular flexibility index (Phi) is 5.59. The summed E-state index contributed by atoms with van der Waals surface area (Å²) >= 11 is 0. The summed E-state index contributed by atoms with van der Waals surface area (Å²) in [6, 6.07) is 5.52. The van der Waals surface area contributed by atoms with Gasteiger partial charge >= 0.3 is 0 Å². The normalized spacial score (nSPS) is 18.1. The van der Waals surface area contributed by atoms with Crippen molar-refractivity contribution in [3.63, 3.8) is 0 Å². The number of rotatable bonds is 5. The molecule has 1 fully saturated rings. The van der Waals surface area contributed by atoms with E-state index in [1.54, 1.807) is 6.07 Å². The minimum Gasteiger partial charge on any atom is -0.341 e. The van der Waals surface area contributed by atoms with Crippen molar-refractivity contribution in [3.05, 3.63) is 47.5 Å². The van der Waals surface area contributed by atoms with E-state index in [9.17, 15) is 12.8 Å². The molecule has 0 unspecified atom stereocenters. The predicted octanol–water partition coefficient (Wildman–Crippen LogP) is 2.69. The molecule has 1 aromatic heterocycles. The van der Waals surface area contributed by atoms with Crippen LogP contribution in [0.1, 0.15) is 36.8 Å². The number of aryl methyl sites for hydroxylation is 2. The number of aromatic nitrogens is 2. The summed E-state index contributed by atoms with van der Waals surface area (Å²) in [4.78, 5) is 10.4. The SMILES string of the molecule is O=S(=O)(NCC1CCN(c2ncc(F)cn2)CC1)c1ccc2c(c1)CCCC2. The monoisotopic (exact) mass is 404 g/mol. The van der Waals surface area contributed by atoms with Gasteiger partial charge in [0.15, 0.2) is 5.82 Å². The first-order valence-corrected chi connectivity index (χ1v) is 11.3. The summed E-state index contributed by atoms with van der Waals surface area (Å²) in [5, 5.41) is 0. The fourth-order valence-electron chi connectivity index (χ4n) is 3.99. The molecule has 0 atom stereocenters. The zero-order chi connectivity index (χ0) is 19.6.